The molecule has 0 aromatic carbocycles. The van der Waals surface area contributed by atoms with E-state index in [2.05, 4.69) is 26.8 Å². The molecule has 0 aromatic rings. The standard InChI is InChI=1S/C11H18O/c1-7-4-5-8-6-9(10(7)12)11(8,2)3/h4,8-10,12H,5-6H2,1-3H3/t8-,9-,10-/m0/s1. The lowest BCUT2D eigenvalue weighted by atomic mass is 9.53. The molecule has 1 saturated carbocycles. The Morgan fingerprint density at radius 3 is 2.75 bits per heavy atom. The molecule has 68 valence electrons. The van der Waals surface area contributed by atoms with Gasteiger partial charge < -0.3 is 5.11 Å². The fourth-order valence-electron chi connectivity index (χ4n) is 2.76. The number of hydrogen-bond acceptors (Lipinski definition) is 1. The van der Waals surface area contributed by atoms with Gasteiger partial charge >= 0.3 is 0 Å². The summed E-state index contributed by atoms with van der Waals surface area (Å²) in [6, 6.07) is 0. The van der Waals surface area contributed by atoms with E-state index >= 15 is 0 Å². The summed E-state index contributed by atoms with van der Waals surface area (Å²) in [5.41, 5.74) is 1.56. The minimum Gasteiger partial charge on any atom is -0.388 e. The Labute approximate surface area is 74.5 Å². The van der Waals surface area contributed by atoms with Gasteiger partial charge in [-0.2, -0.15) is 0 Å². The highest BCUT2D eigenvalue weighted by Crippen LogP contribution is 2.57. The summed E-state index contributed by atoms with van der Waals surface area (Å²) < 4.78 is 0. The van der Waals surface area contributed by atoms with Crippen LogP contribution in [-0.2, 0) is 0 Å². The first-order valence-corrected chi connectivity index (χ1v) is 4.88. The molecule has 3 aliphatic rings. The molecule has 0 spiro atoms. The van der Waals surface area contributed by atoms with E-state index in [1.807, 2.05) is 0 Å². The summed E-state index contributed by atoms with van der Waals surface area (Å²) in [6.45, 7) is 6.64. The molecule has 12 heavy (non-hydrogen) atoms. The molecule has 3 rings (SSSR count). The fraction of sp³-hybridized carbons (Fsp3) is 0.818. The molecule has 1 heteroatoms. The number of fused-ring (bicyclic) bond motifs is 2. The maximum Gasteiger partial charge on any atom is 0.0780 e. The number of aliphatic hydroxyl groups excluding tert-OH is 1. The SMILES string of the molecule is CC1=CC[C@H]2C[C@@H]([C@H]1O)C2(C)C. The minimum atomic E-state index is -0.168. The van der Waals surface area contributed by atoms with Crippen molar-refractivity contribution in [3.63, 3.8) is 0 Å². The van der Waals surface area contributed by atoms with Gasteiger partial charge in [0.15, 0.2) is 0 Å². The molecule has 3 atom stereocenters. The molecular formula is C11H18O. The van der Waals surface area contributed by atoms with Crippen LogP contribution in [0, 0.1) is 17.3 Å². The average Bonchev–Trinajstić information content (AvgIpc) is 2.18. The molecule has 0 heterocycles. The number of aliphatic hydroxyl groups is 1. The lowest BCUT2D eigenvalue weighted by Crippen LogP contribution is -2.49. The highest BCUT2D eigenvalue weighted by atomic mass is 16.3. The quantitative estimate of drug-likeness (QED) is 0.548. The van der Waals surface area contributed by atoms with Crippen LogP contribution in [0.25, 0.3) is 0 Å². The van der Waals surface area contributed by atoms with Crippen molar-refractivity contribution in [3.8, 4) is 0 Å². The molecular weight excluding hydrogens is 148 g/mol. The summed E-state index contributed by atoms with van der Waals surface area (Å²) in [5, 5.41) is 9.93. The van der Waals surface area contributed by atoms with Crippen LogP contribution in [0.3, 0.4) is 0 Å². The average molecular weight is 166 g/mol. The van der Waals surface area contributed by atoms with E-state index in [0.29, 0.717) is 11.3 Å². The van der Waals surface area contributed by atoms with E-state index in [1.165, 1.54) is 18.4 Å². The Balaban J connectivity index is 2.26. The van der Waals surface area contributed by atoms with Crippen LogP contribution in [0.15, 0.2) is 11.6 Å². The van der Waals surface area contributed by atoms with Crippen molar-refractivity contribution in [2.45, 2.75) is 39.7 Å². The zero-order valence-electron chi connectivity index (χ0n) is 8.17. The molecule has 2 bridgehead atoms. The topological polar surface area (TPSA) is 20.2 Å². The van der Waals surface area contributed by atoms with E-state index in [1.54, 1.807) is 0 Å². The van der Waals surface area contributed by atoms with Gasteiger partial charge in [-0.1, -0.05) is 19.9 Å². The van der Waals surface area contributed by atoms with Crippen molar-refractivity contribution in [1.82, 2.24) is 0 Å². The molecule has 3 aliphatic carbocycles. The molecule has 1 nitrogen and oxygen atoms in total. The van der Waals surface area contributed by atoms with Gasteiger partial charge in [0.05, 0.1) is 6.10 Å². The first kappa shape index (κ1) is 8.31. The van der Waals surface area contributed by atoms with Crippen LogP contribution in [0.1, 0.15) is 33.6 Å². The highest BCUT2D eigenvalue weighted by Gasteiger charge is 2.51. The van der Waals surface area contributed by atoms with Crippen LogP contribution in [0.5, 0.6) is 0 Å². The van der Waals surface area contributed by atoms with Crippen molar-refractivity contribution >= 4 is 0 Å². The molecule has 0 saturated heterocycles. The van der Waals surface area contributed by atoms with E-state index in [-0.39, 0.29) is 6.10 Å². The Morgan fingerprint density at radius 2 is 2.17 bits per heavy atom. The van der Waals surface area contributed by atoms with Gasteiger partial charge in [-0.15, -0.1) is 0 Å². The minimum absolute atomic E-state index is 0.168. The monoisotopic (exact) mass is 166 g/mol. The normalized spacial score (nSPS) is 44.3. The molecule has 0 amide bonds. The van der Waals surface area contributed by atoms with Crippen LogP contribution in [-0.4, -0.2) is 11.2 Å². The summed E-state index contributed by atoms with van der Waals surface area (Å²) >= 11 is 0. The van der Waals surface area contributed by atoms with Crippen molar-refractivity contribution < 1.29 is 5.11 Å². The predicted octanol–water partition coefficient (Wildman–Crippen LogP) is 2.36. The van der Waals surface area contributed by atoms with Crippen LogP contribution < -0.4 is 0 Å². The summed E-state index contributed by atoms with van der Waals surface area (Å²) in [7, 11) is 0. The van der Waals surface area contributed by atoms with Crippen molar-refractivity contribution in [1.29, 1.82) is 0 Å². The van der Waals surface area contributed by atoms with Gasteiger partial charge in [-0.05, 0) is 42.6 Å². The Kier molecular flexibility index (Phi) is 1.63. The largest absolute Gasteiger partial charge is 0.388 e. The third-order valence-electron chi connectivity index (χ3n) is 4.12. The predicted molar refractivity (Wildman–Crippen MR) is 49.8 cm³/mol. The summed E-state index contributed by atoms with van der Waals surface area (Å²) in [6.07, 6.45) is 4.46. The molecule has 0 unspecified atom stereocenters. The van der Waals surface area contributed by atoms with Gasteiger partial charge in [0.1, 0.15) is 0 Å². The lowest BCUT2D eigenvalue weighted by molar-refractivity contribution is -0.0730. The van der Waals surface area contributed by atoms with E-state index in [4.69, 9.17) is 0 Å². The van der Waals surface area contributed by atoms with Crippen LogP contribution in [0.2, 0.25) is 0 Å². The second-order valence-electron chi connectivity index (χ2n) is 4.99. The third-order valence-corrected chi connectivity index (χ3v) is 4.12. The van der Waals surface area contributed by atoms with E-state index < -0.39 is 0 Å². The van der Waals surface area contributed by atoms with Crippen molar-refractivity contribution in [2.24, 2.45) is 17.3 Å². The number of allylic oxidation sites excluding steroid dienone is 1. The van der Waals surface area contributed by atoms with Crippen LogP contribution in [0.4, 0.5) is 0 Å². The lowest BCUT2D eigenvalue weighted by Gasteiger charge is -2.52. The van der Waals surface area contributed by atoms with Crippen LogP contribution >= 0.6 is 0 Å². The smallest absolute Gasteiger partial charge is 0.0780 e. The van der Waals surface area contributed by atoms with Gasteiger partial charge in [0, 0.05) is 0 Å². The molecule has 0 aliphatic heterocycles. The number of hydrogen-bond donors (Lipinski definition) is 1. The Bertz CT molecular complexity index is 227. The second-order valence-corrected chi connectivity index (χ2v) is 4.99. The van der Waals surface area contributed by atoms with E-state index in [9.17, 15) is 5.11 Å². The van der Waals surface area contributed by atoms with Crippen molar-refractivity contribution in [2.75, 3.05) is 0 Å². The van der Waals surface area contributed by atoms with E-state index in [0.717, 1.165) is 5.92 Å². The zero-order valence-corrected chi connectivity index (χ0v) is 8.17. The number of rotatable bonds is 0. The fourth-order valence-corrected chi connectivity index (χ4v) is 2.76. The van der Waals surface area contributed by atoms with Gasteiger partial charge in [-0.3, -0.25) is 0 Å². The second kappa shape index (κ2) is 2.35. The summed E-state index contributed by atoms with van der Waals surface area (Å²) in [5.74, 6) is 1.33. The molecule has 1 fully saturated rings. The first-order chi connectivity index (χ1) is 5.53. The maximum absolute atomic E-state index is 9.93. The van der Waals surface area contributed by atoms with Gasteiger partial charge in [0.2, 0.25) is 0 Å². The maximum atomic E-state index is 9.93. The zero-order chi connectivity index (χ0) is 8.93. The first-order valence-electron chi connectivity index (χ1n) is 4.88. The van der Waals surface area contributed by atoms with Gasteiger partial charge in [0.25, 0.3) is 0 Å². The molecule has 1 N–H and O–H groups in total. The molecule has 0 aromatic heterocycles. The Hall–Kier alpha value is -0.300. The van der Waals surface area contributed by atoms with Gasteiger partial charge in [-0.25, -0.2) is 0 Å². The third kappa shape index (κ3) is 0.891. The summed E-state index contributed by atoms with van der Waals surface area (Å²) in [4.78, 5) is 0. The van der Waals surface area contributed by atoms with Crippen molar-refractivity contribution in [3.05, 3.63) is 11.6 Å². The Morgan fingerprint density at radius 1 is 1.50 bits per heavy atom. The molecule has 0 radical (unpaired) electrons. The highest BCUT2D eigenvalue weighted by molar-refractivity contribution is 5.18.